The van der Waals surface area contributed by atoms with Crippen molar-refractivity contribution in [1.82, 2.24) is 10.3 Å². The first-order valence-corrected chi connectivity index (χ1v) is 5.26. The van der Waals surface area contributed by atoms with Crippen molar-refractivity contribution in [3.8, 4) is 0 Å². The Bertz CT molecular complexity index is 378. The van der Waals surface area contributed by atoms with Gasteiger partial charge in [0.25, 0.3) is 0 Å². The molecule has 1 aromatic carbocycles. The van der Waals surface area contributed by atoms with E-state index in [9.17, 15) is 0 Å². The second kappa shape index (κ2) is 4.80. The molecule has 1 heterocycles. The van der Waals surface area contributed by atoms with Gasteiger partial charge >= 0.3 is 0 Å². The first-order valence-electron chi connectivity index (χ1n) is 5.26. The maximum Gasteiger partial charge on any atom is 0.0294 e. The number of hydrogen-bond donors (Lipinski definition) is 2. The predicted molar refractivity (Wildman–Crippen MR) is 62.5 cm³/mol. The van der Waals surface area contributed by atoms with Gasteiger partial charge in [0.15, 0.2) is 0 Å². The third kappa shape index (κ3) is 2.70. The van der Waals surface area contributed by atoms with Crippen molar-refractivity contribution < 1.29 is 0 Å². The molecule has 0 aliphatic rings. The molecule has 2 heteroatoms. The maximum absolute atomic E-state index is 3.48. The fourth-order valence-corrected chi connectivity index (χ4v) is 1.60. The summed E-state index contributed by atoms with van der Waals surface area (Å²) in [6.07, 6.45) is 3.97. The Hall–Kier alpha value is -1.54. The van der Waals surface area contributed by atoms with Crippen molar-refractivity contribution in [2.24, 2.45) is 0 Å². The minimum absolute atomic E-state index is 0.390. The summed E-state index contributed by atoms with van der Waals surface area (Å²) in [4.78, 5) is 3.05. The molecule has 1 atom stereocenters. The molecule has 2 N–H and O–H groups in total. The highest BCUT2D eigenvalue weighted by molar-refractivity contribution is 5.18. The smallest absolute Gasteiger partial charge is 0.0294 e. The fraction of sp³-hybridized carbons (Fsp3) is 0.231. The Balaban J connectivity index is 1.90. The van der Waals surface area contributed by atoms with Crippen molar-refractivity contribution >= 4 is 0 Å². The van der Waals surface area contributed by atoms with Crippen molar-refractivity contribution in [3.63, 3.8) is 0 Å². The van der Waals surface area contributed by atoms with E-state index >= 15 is 0 Å². The molecule has 2 rings (SSSR count). The van der Waals surface area contributed by atoms with Crippen LogP contribution in [0.2, 0.25) is 0 Å². The number of hydrogen-bond acceptors (Lipinski definition) is 1. The van der Waals surface area contributed by atoms with E-state index in [4.69, 9.17) is 0 Å². The molecule has 0 aliphatic carbocycles. The van der Waals surface area contributed by atoms with E-state index in [0.717, 1.165) is 6.54 Å². The maximum atomic E-state index is 3.48. The van der Waals surface area contributed by atoms with Crippen molar-refractivity contribution in [1.29, 1.82) is 0 Å². The Morgan fingerprint density at radius 2 is 2.00 bits per heavy atom. The molecule has 15 heavy (non-hydrogen) atoms. The van der Waals surface area contributed by atoms with Crippen LogP contribution in [0.1, 0.15) is 24.1 Å². The van der Waals surface area contributed by atoms with Gasteiger partial charge < -0.3 is 10.3 Å². The van der Waals surface area contributed by atoms with Crippen LogP contribution >= 0.6 is 0 Å². The van der Waals surface area contributed by atoms with Crippen LogP contribution in [0.3, 0.4) is 0 Å². The lowest BCUT2D eigenvalue weighted by molar-refractivity contribution is 0.575. The number of benzene rings is 1. The van der Waals surface area contributed by atoms with Crippen LogP contribution in [0.5, 0.6) is 0 Å². The van der Waals surface area contributed by atoms with E-state index in [0.29, 0.717) is 6.04 Å². The third-order valence-corrected chi connectivity index (χ3v) is 2.57. The summed E-state index contributed by atoms with van der Waals surface area (Å²) in [7, 11) is 0. The van der Waals surface area contributed by atoms with E-state index in [2.05, 4.69) is 47.6 Å². The first-order chi connectivity index (χ1) is 7.36. The summed E-state index contributed by atoms with van der Waals surface area (Å²) in [6.45, 7) is 3.08. The zero-order valence-corrected chi connectivity index (χ0v) is 8.90. The average Bonchev–Trinajstić information content (AvgIpc) is 2.80. The second-order valence-electron chi connectivity index (χ2n) is 3.73. The molecule has 78 valence electrons. The van der Waals surface area contributed by atoms with Crippen LogP contribution in [0.4, 0.5) is 0 Å². The van der Waals surface area contributed by atoms with Gasteiger partial charge in [0.05, 0.1) is 0 Å². The lowest BCUT2D eigenvalue weighted by Gasteiger charge is -2.13. The Labute approximate surface area is 90.3 Å². The number of rotatable bonds is 4. The van der Waals surface area contributed by atoms with Gasteiger partial charge in [0, 0.05) is 25.0 Å². The molecular weight excluding hydrogens is 184 g/mol. The minimum Gasteiger partial charge on any atom is -0.367 e. The normalized spacial score (nSPS) is 12.6. The van der Waals surface area contributed by atoms with Crippen LogP contribution < -0.4 is 5.32 Å². The molecule has 0 saturated heterocycles. The molecule has 0 fully saturated rings. The zero-order chi connectivity index (χ0) is 10.5. The van der Waals surface area contributed by atoms with Crippen molar-refractivity contribution in [3.05, 3.63) is 59.9 Å². The molecule has 1 aromatic heterocycles. The van der Waals surface area contributed by atoms with Gasteiger partial charge in [-0.3, -0.25) is 0 Å². The Morgan fingerprint density at radius 1 is 1.20 bits per heavy atom. The van der Waals surface area contributed by atoms with Gasteiger partial charge in [0.1, 0.15) is 0 Å². The van der Waals surface area contributed by atoms with Gasteiger partial charge in [-0.2, -0.15) is 0 Å². The molecule has 0 unspecified atom stereocenters. The van der Waals surface area contributed by atoms with Crippen LogP contribution in [-0.2, 0) is 6.54 Å². The summed E-state index contributed by atoms with van der Waals surface area (Å²) in [5, 5.41) is 3.48. The topological polar surface area (TPSA) is 27.8 Å². The van der Waals surface area contributed by atoms with Gasteiger partial charge in [-0.05, 0) is 24.1 Å². The molecule has 0 saturated carbocycles. The quantitative estimate of drug-likeness (QED) is 0.780. The summed E-state index contributed by atoms with van der Waals surface area (Å²) >= 11 is 0. The van der Waals surface area contributed by atoms with E-state index in [1.807, 2.05) is 18.5 Å². The number of nitrogens with one attached hydrogen (secondary N) is 2. The summed E-state index contributed by atoms with van der Waals surface area (Å²) in [5.74, 6) is 0. The second-order valence-corrected chi connectivity index (χ2v) is 3.73. The number of aromatic nitrogens is 1. The zero-order valence-electron chi connectivity index (χ0n) is 8.90. The van der Waals surface area contributed by atoms with Crippen LogP contribution in [-0.4, -0.2) is 4.98 Å². The standard InChI is InChI=1S/C13H16N2/c1-11(13-5-3-2-4-6-13)15-10-12-7-8-14-9-12/h2-9,11,14-15H,10H2,1H3/t11-/m1/s1. The van der Waals surface area contributed by atoms with Gasteiger partial charge in [-0.25, -0.2) is 0 Å². The molecule has 2 aromatic rings. The summed E-state index contributed by atoms with van der Waals surface area (Å²) in [5.41, 5.74) is 2.62. The lowest BCUT2D eigenvalue weighted by Crippen LogP contribution is -2.17. The molecule has 0 amide bonds. The Kier molecular flexibility index (Phi) is 3.20. The highest BCUT2D eigenvalue weighted by atomic mass is 14.9. The fourth-order valence-electron chi connectivity index (χ4n) is 1.60. The molecule has 2 nitrogen and oxygen atoms in total. The summed E-state index contributed by atoms with van der Waals surface area (Å²) < 4.78 is 0. The SMILES string of the molecule is C[C@@H](NCc1cc[nH]c1)c1ccccc1. The predicted octanol–water partition coefficient (Wildman–Crippen LogP) is 2.87. The average molecular weight is 200 g/mol. The van der Waals surface area contributed by atoms with E-state index < -0.39 is 0 Å². The number of aromatic amines is 1. The molecule has 0 bridgehead atoms. The van der Waals surface area contributed by atoms with Crippen molar-refractivity contribution in [2.45, 2.75) is 19.5 Å². The monoisotopic (exact) mass is 200 g/mol. The third-order valence-electron chi connectivity index (χ3n) is 2.57. The Morgan fingerprint density at radius 3 is 2.67 bits per heavy atom. The molecule has 0 radical (unpaired) electrons. The van der Waals surface area contributed by atoms with Crippen molar-refractivity contribution in [2.75, 3.05) is 0 Å². The largest absolute Gasteiger partial charge is 0.367 e. The minimum atomic E-state index is 0.390. The van der Waals surface area contributed by atoms with Gasteiger partial charge in [-0.1, -0.05) is 30.3 Å². The molecule has 0 aliphatic heterocycles. The highest BCUT2D eigenvalue weighted by Gasteiger charge is 2.03. The van der Waals surface area contributed by atoms with Gasteiger partial charge in [-0.15, -0.1) is 0 Å². The van der Waals surface area contributed by atoms with Gasteiger partial charge in [0.2, 0.25) is 0 Å². The number of H-pyrrole nitrogens is 1. The first kappa shape index (κ1) is 9.99. The van der Waals surface area contributed by atoms with E-state index in [1.165, 1.54) is 11.1 Å². The summed E-state index contributed by atoms with van der Waals surface area (Å²) in [6, 6.07) is 13.0. The van der Waals surface area contributed by atoms with Crippen LogP contribution in [0.25, 0.3) is 0 Å². The van der Waals surface area contributed by atoms with Crippen LogP contribution in [0.15, 0.2) is 48.8 Å². The molecular formula is C13H16N2. The van der Waals surface area contributed by atoms with E-state index in [1.54, 1.807) is 0 Å². The van der Waals surface area contributed by atoms with E-state index in [-0.39, 0.29) is 0 Å². The highest BCUT2D eigenvalue weighted by Crippen LogP contribution is 2.11. The lowest BCUT2D eigenvalue weighted by atomic mass is 10.1. The van der Waals surface area contributed by atoms with Crippen LogP contribution in [0, 0.1) is 0 Å². The molecule has 0 spiro atoms.